The van der Waals surface area contributed by atoms with Gasteiger partial charge in [0, 0.05) is 17.8 Å². The van der Waals surface area contributed by atoms with Crippen LogP contribution in [0.15, 0.2) is 60.9 Å². The Kier molecular flexibility index (Phi) is 3.48. The number of benzene rings is 2. The van der Waals surface area contributed by atoms with Crippen molar-refractivity contribution >= 4 is 10.8 Å². The smallest absolute Gasteiger partial charge is 0.0558 e. The van der Waals surface area contributed by atoms with Crippen LogP contribution in [0.1, 0.15) is 29.7 Å². The van der Waals surface area contributed by atoms with Crippen molar-refractivity contribution in [3.05, 3.63) is 77.6 Å². The number of rotatable bonds is 3. The monoisotopic (exact) mass is 262 g/mol. The average molecular weight is 262 g/mol. The van der Waals surface area contributed by atoms with E-state index in [0.717, 1.165) is 22.9 Å². The first-order valence-corrected chi connectivity index (χ1v) is 6.96. The SMILES string of the molecule is CCc1ccc(C(N)c2cccc3ccncc23)cc1. The van der Waals surface area contributed by atoms with E-state index in [1.165, 1.54) is 10.9 Å². The molecule has 0 saturated heterocycles. The molecule has 0 aliphatic heterocycles. The van der Waals surface area contributed by atoms with Gasteiger partial charge in [-0.25, -0.2) is 0 Å². The summed E-state index contributed by atoms with van der Waals surface area (Å²) in [5.41, 5.74) is 10.0. The number of aryl methyl sites for hydroxylation is 1. The zero-order chi connectivity index (χ0) is 13.9. The quantitative estimate of drug-likeness (QED) is 0.778. The molecule has 2 aromatic carbocycles. The Bertz CT molecular complexity index is 712. The molecule has 1 unspecified atom stereocenters. The van der Waals surface area contributed by atoms with Crippen molar-refractivity contribution in [2.45, 2.75) is 19.4 Å². The van der Waals surface area contributed by atoms with E-state index >= 15 is 0 Å². The van der Waals surface area contributed by atoms with Crippen molar-refractivity contribution in [2.24, 2.45) is 5.73 Å². The third-order valence-corrected chi connectivity index (χ3v) is 3.80. The fourth-order valence-corrected chi connectivity index (χ4v) is 2.55. The van der Waals surface area contributed by atoms with Crippen molar-refractivity contribution in [1.29, 1.82) is 0 Å². The maximum absolute atomic E-state index is 6.45. The van der Waals surface area contributed by atoms with Gasteiger partial charge < -0.3 is 5.73 Å². The Hall–Kier alpha value is -2.19. The van der Waals surface area contributed by atoms with Gasteiger partial charge in [-0.1, -0.05) is 49.4 Å². The molecule has 1 atom stereocenters. The number of pyridine rings is 1. The van der Waals surface area contributed by atoms with Crippen LogP contribution in [-0.4, -0.2) is 4.98 Å². The van der Waals surface area contributed by atoms with Crippen LogP contribution in [0, 0.1) is 0 Å². The summed E-state index contributed by atoms with van der Waals surface area (Å²) in [6.07, 6.45) is 4.76. The van der Waals surface area contributed by atoms with Gasteiger partial charge in [0.1, 0.15) is 0 Å². The van der Waals surface area contributed by atoms with Gasteiger partial charge >= 0.3 is 0 Å². The number of nitrogens with two attached hydrogens (primary N) is 1. The highest BCUT2D eigenvalue weighted by Crippen LogP contribution is 2.26. The van der Waals surface area contributed by atoms with E-state index in [2.05, 4.69) is 54.4 Å². The summed E-state index contributed by atoms with van der Waals surface area (Å²) < 4.78 is 0. The molecule has 0 spiro atoms. The van der Waals surface area contributed by atoms with Gasteiger partial charge in [0.15, 0.2) is 0 Å². The lowest BCUT2D eigenvalue weighted by Gasteiger charge is -2.15. The summed E-state index contributed by atoms with van der Waals surface area (Å²) in [6.45, 7) is 2.16. The second kappa shape index (κ2) is 5.43. The minimum Gasteiger partial charge on any atom is -0.320 e. The lowest BCUT2D eigenvalue weighted by molar-refractivity contribution is 0.878. The van der Waals surface area contributed by atoms with Gasteiger partial charge in [-0.3, -0.25) is 4.98 Å². The summed E-state index contributed by atoms with van der Waals surface area (Å²) in [4.78, 5) is 4.22. The van der Waals surface area contributed by atoms with Crippen LogP contribution in [-0.2, 0) is 6.42 Å². The van der Waals surface area contributed by atoms with E-state index in [-0.39, 0.29) is 6.04 Å². The normalized spacial score (nSPS) is 12.5. The lowest BCUT2D eigenvalue weighted by Crippen LogP contribution is -2.12. The van der Waals surface area contributed by atoms with E-state index in [0.29, 0.717) is 0 Å². The van der Waals surface area contributed by atoms with Crippen molar-refractivity contribution in [3.8, 4) is 0 Å². The van der Waals surface area contributed by atoms with Gasteiger partial charge in [0.05, 0.1) is 6.04 Å². The van der Waals surface area contributed by atoms with Crippen molar-refractivity contribution in [2.75, 3.05) is 0 Å². The predicted octanol–water partition coefficient (Wildman–Crippen LogP) is 3.85. The number of fused-ring (bicyclic) bond motifs is 1. The summed E-state index contributed by atoms with van der Waals surface area (Å²) in [5.74, 6) is 0. The average Bonchev–Trinajstić information content (AvgIpc) is 2.54. The third kappa shape index (κ3) is 2.30. The van der Waals surface area contributed by atoms with E-state index in [4.69, 9.17) is 5.73 Å². The topological polar surface area (TPSA) is 38.9 Å². The molecule has 3 aromatic rings. The van der Waals surface area contributed by atoms with Gasteiger partial charge in [0.25, 0.3) is 0 Å². The predicted molar refractivity (Wildman–Crippen MR) is 83.6 cm³/mol. The number of hydrogen-bond acceptors (Lipinski definition) is 2. The Morgan fingerprint density at radius 2 is 1.85 bits per heavy atom. The molecule has 100 valence electrons. The Balaban J connectivity index is 2.05. The summed E-state index contributed by atoms with van der Waals surface area (Å²) in [5, 5.41) is 2.31. The fraction of sp³-hybridized carbons (Fsp3) is 0.167. The zero-order valence-electron chi connectivity index (χ0n) is 11.6. The van der Waals surface area contributed by atoms with E-state index in [9.17, 15) is 0 Å². The summed E-state index contributed by atoms with van der Waals surface area (Å²) in [6, 6.07) is 16.7. The van der Waals surface area contributed by atoms with Crippen molar-refractivity contribution < 1.29 is 0 Å². The molecule has 1 aromatic heterocycles. The second-order valence-corrected chi connectivity index (χ2v) is 5.02. The maximum atomic E-state index is 6.45. The first-order valence-electron chi connectivity index (χ1n) is 6.96. The minimum absolute atomic E-state index is 0.117. The van der Waals surface area contributed by atoms with Crippen molar-refractivity contribution in [1.82, 2.24) is 4.98 Å². The molecule has 0 radical (unpaired) electrons. The molecule has 0 saturated carbocycles. The Labute approximate surface area is 119 Å². The molecule has 1 heterocycles. The Morgan fingerprint density at radius 3 is 2.60 bits per heavy atom. The molecule has 2 nitrogen and oxygen atoms in total. The molecule has 2 N–H and O–H groups in total. The van der Waals surface area contributed by atoms with Crippen molar-refractivity contribution in [3.63, 3.8) is 0 Å². The molecule has 0 amide bonds. The van der Waals surface area contributed by atoms with Crippen LogP contribution in [0.2, 0.25) is 0 Å². The van der Waals surface area contributed by atoms with E-state index < -0.39 is 0 Å². The first kappa shape index (κ1) is 12.8. The molecular weight excluding hydrogens is 244 g/mol. The van der Waals surface area contributed by atoms with Crippen LogP contribution >= 0.6 is 0 Å². The molecule has 0 bridgehead atoms. The van der Waals surface area contributed by atoms with Crippen LogP contribution in [0.4, 0.5) is 0 Å². The fourth-order valence-electron chi connectivity index (χ4n) is 2.55. The standard InChI is InChI=1S/C18H18N2/c1-2-13-6-8-15(9-7-13)18(19)16-5-3-4-14-10-11-20-12-17(14)16/h3-12,18H,2,19H2,1H3. The first-order chi connectivity index (χ1) is 9.79. The lowest BCUT2D eigenvalue weighted by atomic mass is 9.94. The number of hydrogen-bond donors (Lipinski definition) is 1. The highest BCUT2D eigenvalue weighted by Gasteiger charge is 2.11. The van der Waals surface area contributed by atoms with Crippen LogP contribution in [0.25, 0.3) is 10.8 Å². The number of aromatic nitrogens is 1. The molecule has 0 aliphatic carbocycles. The van der Waals surface area contributed by atoms with Crippen LogP contribution in [0.5, 0.6) is 0 Å². The summed E-state index contributed by atoms with van der Waals surface area (Å²) in [7, 11) is 0. The zero-order valence-corrected chi connectivity index (χ0v) is 11.6. The van der Waals surface area contributed by atoms with Gasteiger partial charge in [0.2, 0.25) is 0 Å². The molecule has 0 fully saturated rings. The molecule has 0 aliphatic rings. The van der Waals surface area contributed by atoms with Crippen LogP contribution in [0.3, 0.4) is 0 Å². The van der Waals surface area contributed by atoms with Crippen LogP contribution < -0.4 is 5.73 Å². The van der Waals surface area contributed by atoms with E-state index in [1.54, 1.807) is 0 Å². The molecule has 20 heavy (non-hydrogen) atoms. The maximum Gasteiger partial charge on any atom is 0.0558 e. The second-order valence-electron chi connectivity index (χ2n) is 5.02. The highest BCUT2D eigenvalue weighted by molar-refractivity contribution is 5.85. The summed E-state index contributed by atoms with van der Waals surface area (Å²) >= 11 is 0. The third-order valence-electron chi connectivity index (χ3n) is 3.80. The number of nitrogens with zero attached hydrogens (tertiary/aromatic N) is 1. The minimum atomic E-state index is -0.117. The highest BCUT2D eigenvalue weighted by atomic mass is 14.6. The molecule has 3 rings (SSSR count). The Morgan fingerprint density at radius 1 is 1.05 bits per heavy atom. The largest absolute Gasteiger partial charge is 0.320 e. The van der Waals surface area contributed by atoms with Gasteiger partial charge in [-0.2, -0.15) is 0 Å². The van der Waals surface area contributed by atoms with E-state index in [1.807, 2.05) is 18.5 Å². The van der Waals surface area contributed by atoms with Gasteiger partial charge in [-0.15, -0.1) is 0 Å². The van der Waals surface area contributed by atoms with Gasteiger partial charge in [-0.05, 0) is 34.6 Å². The molecular formula is C18H18N2. The molecule has 2 heteroatoms.